The van der Waals surface area contributed by atoms with Crippen molar-refractivity contribution in [2.24, 2.45) is 0 Å². The summed E-state index contributed by atoms with van der Waals surface area (Å²) >= 11 is 0. The van der Waals surface area contributed by atoms with Crippen molar-refractivity contribution in [2.45, 2.75) is 19.5 Å². The Morgan fingerprint density at radius 2 is 2.30 bits per heavy atom. The van der Waals surface area contributed by atoms with Crippen LogP contribution in [0.15, 0.2) is 66.0 Å². The highest BCUT2D eigenvalue weighted by Crippen LogP contribution is 2.20. The van der Waals surface area contributed by atoms with Crippen LogP contribution in [-0.2, 0) is 6.54 Å². The van der Waals surface area contributed by atoms with Gasteiger partial charge in [0.05, 0.1) is 24.9 Å². The molecule has 0 fully saturated rings. The third-order valence-electron chi connectivity index (χ3n) is 3.28. The molecule has 4 heteroatoms. The maximum Gasteiger partial charge on any atom is 0.0955 e. The molecule has 3 aromatic rings. The summed E-state index contributed by atoms with van der Waals surface area (Å²) in [6.07, 6.45) is 9.06. The molecule has 20 heavy (non-hydrogen) atoms. The van der Waals surface area contributed by atoms with E-state index in [-0.39, 0.29) is 6.04 Å². The molecule has 0 aliphatic carbocycles. The van der Waals surface area contributed by atoms with Crippen LogP contribution < -0.4 is 5.32 Å². The number of hydrogen-bond donors (Lipinski definition) is 1. The fourth-order valence-electron chi connectivity index (χ4n) is 2.21. The number of aromatic nitrogens is 2. The average molecular weight is 267 g/mol. The lowest BCUT2D eigenvalue weighted by molar-refractivity contribution is 0.562. The Kier molecular flexibility index (Phi) is 3.54. The van der Waals surface area contributed by atoms with Crippen LogP contribution in [0.25, 0.3) is 0 Å². The standard InChI is InChI=1S/C16H17N3O/c1-13(15-5-8-20-11-15)18-16-4-2-3-14(9-16)10-19-7-6-17-12-19/h2-9,11-13,18H,10H2,1H3. The molecule has 1 aromatic carbocycles. The van der Waals surface area contributed by atoms with Gasteiger partial charge in [-0.05, 0) is 30.7 Å². The van der Waals surface area contributed by atoms with E-state index in [1.165, 1.54) is 5.56 Å². The summed E-state index contributed by atoms with van der Waals surface area (Å²) in [5.41, 5.74) is 3.49. The van der Waals surface area contributed by atoms with Crippen LogP contribution in [0.4, 0.5) is 5.69 Å². The molecule has 0 radical (unpaired) electrons. The Balaban J connectivity index is 1.71. The number of imidazole rings is 1. The van der Waals surface area contributed by atoms with Crippen LogP contribution in [0.5, 0.6) is 0 Å². The molecule has 4 nitrogen and oxygen atoms in total. The molecule has 1 unspecified atom stereocenters. The van der Waals surface area contributed by atoms with Gasteiger partial charge in [0.1, 0.15) is 0 Å². The van der Waals surface area contributed by atoms with Crippen molar-refractivity contribution < 1.29 is 4.42 Å². The second-order valence-electron chi connectivity index (χ2n) is 4.86. The topological polar surface area (TPSA) is 43.0 Å². The molecule has 1 atom stereocenters. The minimum absolute atomic E-state index is 0.220. The Labute approximate surface area is 118 Å². The SMILES string of the molecule is CC(Nc1cccc(Cn2ccnc2)c1)c1ccoc1. The first-order valence-corrected chi connectivity index (χ1v) is 6.64. The number of rotatable bonds is 5. The van der Waals surface area contributed by atoms with Gasteiger partial charge in [0.15, 0.2) is 0 Å². The molecule has 2 aromatic heterocycles. The van der Waals surface area contributed by atoms with Gasteiger partial charge >= 0.3 is 0 Å². The molecule has 0 aliphatic rings. The quantitative estimate of drug-likeness (QED) is 0.766. The van der Waals surface area contributed by atoms with Gasteiger partial charge in [-0.3, -0.25) is 0 Å². The van der Waals surface area contributed by atoms with Crippen LogP contribution in [0.2, 0.25) is 0 Å². The van der Waals surface area contributed by atoms with Gasteiger partial charge in [0.25, 0.3) is 0 Å². The summed E-state index contributed by atoms with van der Waals surface area (Å²) in [6.45, 7) is 2.95. The van der Waals surface area contributed by atoms with E-state index in [4.69, 9.17) is 4.42 Å². The lowest BCUT2D eigenvalue weighted by Crippen LogP contribution is -2.06. The second kappa shape index (κ2) is 5.65. The number of furan rings is 1. The first kappa shape index (κ1) is 12.5. The first-order chi connectivity index (χ1) is 9.81. The van der Waals surface area contributed by atoms with Crippen LogP contribution in [0.1, 0.15) is 24.1 Å². The van der Waals surface area contributed by atoms with E-state index in [1.54, 1.807) is 18.7 Å². The lowest BCUT2D eigenvalue weighted by atomic mass is 10.1. The number of nitrogens with one attached hydrogen (secondary N) is 1. The van der Waals surface area contributed by atoms with Crippen LogP contribution in [0.3, 0.4) is 0 Å². The van der Waals surface area contributed by atoms with E-state index in [1.807, 2.05) is 18.6 Å². The number of nitrogens with zero attached hydrogens (tertiary/aromatic N) is 2. The monoisotopic (exact) mass is 267 g/mol. The third-order valence-corrected chi connectivity index (χ3v) is 3.28. The summed E-state index contributed by atoms with van der Waals surface area (Å²) < 4.78 is 7.17. The highest BCUT2D eigenvalue weighted by molar-refractivity contribution is 5.47. The van der Waals surface area contributed by atoms with Crippen molar-refractivity contribution in [3.8, 4) is 0 Å². The summed E-state index contributed by atoms with van der Waals surface area (Å²) in [5.74, 6) is 0. The van der Waals surface area contributed by atoms with Crippen LogP contribution >= 0.6 is 0 Å². The Bertz CT molecular complexity index is 644. The molecule has 1 N–H and O–H groups in total. The maximum atomic E-state index is 5.12. The molecular weight excluding hydrogens is 250 g/mol. The molecule has 0 aliphatic heterocycles. The normalized spacial score (nSPS) is 12.2. The van der Waals surface area contributed by atoms with Gasteiger partial charge in [-0.1, -0.05) is 12.1 Å². The van der Waals surface area contributed by atoms with Gasteiger partial charge in [-0.15, -0.1) is 0 Å². The van der Waals surface area contributed by atoms with Gasteiger partial charge in [0.2, 0.25) is 0 Å². The number of benzene rings is 1. The second-order valence-corrected chi connectivity index (χ2v) is 4.86. The van der Waals surface area contributed by atoms with Crippen molar-refractivity contribution in [3.63, 3.8) is 0 Å². The zero-order valence-electron chi connectivity index (χ0n) is 11.4. The summed E-state index contributed by atoms with van der Waals surface area (Å²) in [7, 11) is 0. The molecular formula is C16H17N3O. The molecule has 0 saturated heterocycles. The minimum Gasteiger partial charge on any atom is -0.472 e. The average Bonchev–Trinajstić information content (AvgIpc) is 3.12. The minimum atomic E-state index is 0.220. The smallest absolute Gasteiger partial charge is 0.0955 e. The predicted octanol–water partition coefficient (Wildman–Crippen LogP) is 3.70. The van der Waals surface area contributed by atoms with Crippen LogP contribution in [-0.4, -0.2) is 9.55 Å². The summed E-state index contributed by atoms with van der Waals surface area (Å²) in [4.78, 5) is 4.06. The largest absolute Gasteiger partial charge is 0.472 e. The maximum absolute atomic E-state index is 5.12. The van der Waals surface area contributed by atoms with E-state index in [9.17, 15) is 0 Å². The van der Waals surface area contributed by atoms with E-state index in [2.05, 4.69) is 46.1 Å². The van der Waals surface area contributed by atoms with Gasteiger partial charge in [-0.25, -0.2) is 4.98 Å². The van der Waals surface area contributed by atoms with Gasteiger partial charge in [0, 0.05) is 30.2 Å². The molecule has 3 rings (SSSR count). The van der Waals surface area contributed by atoms with E-state index < -0.39 is 0 Å². The zero-order chi connectivity index (χ0) is 13.8. The van der Waals surface area contributed by atoms with Crippen molar-refractivity contribution in [2.75, 3.05) is 5.32 Å². The van der Waals surface area contributed by atoms with Crippen molar-refractivity contribution in [1.82, 2.24) is 9.55 Å². The summed E-state index contributed by atoms with van der Waals surface area (Å²) in [5, 5.41) is 3.48. The van der Waals surface area contributed by atoms with Crippen molar-refractivity contribution in [1.29, 1.82) is 0 Å². The van der Waals surface area contributed by atoms with E-state index in [0.717, 1.165) is 17.8 Å². The fraction of sp³-hybridized carbons (Fsp3) is 0.188. The third kappa shape index (κ3) is 2.91. The van der Waals surface area contributed by atoms with Crippen molar-refractivity contribution in [3.05, 3.63) is 72.7 Å². The highest BCUT2D eigenvalue weighted by atomic mass is 16.3. The van der Waals surface area contributed by atoms with E-state index in [0.29, 0.717) is 0 Å². The van der Waals surface area contributed by atoms with Gasteiger partial charge in [-0.2, -0.15) is 0 Å². The predicted molar refractivity (Wildman–Crippen MR) is 78.5 cm³/mol. The molecule has 0 saturated carbocycles. The molecule has 2 heterocycles. The highest BCUT2D eigenvalue weighted by Gasteiger charge is 2.06. The van der Waals surface area contributed by atoms with E-state index >= 15 is 0 Å². The Hall–Kier alpha value is -2.49. The number of anilines is 1. The Morgan fingerprint density at radius 3 is 3.05 bits per heavy atom. The number of hydrogen-bond acceptors (Lipinski definition) is 3. The zero-order valence-corrected chi connectivity index (χ0v) is 11.4. The summed E-state index contributed by atoms with van der Waals surface area (Å²) in [6, 6.07) is 10.6. The van der Waals surface area contributed by atoms with Crippen molar-refractivity contribution >= 4 is 5.69 Å². The van der Waals surface area contributed by atoms with Crippen LogP contribution in [0, 0.1) is 0 Å². The Morgan fingerprint density at radius 1 is 1.35 bits per heavy atom. The lowest BCUT2D eigenvalue weighted by Gasteiger charge is -2.14. The molecule has 0 spiro atoms. The molecule has 0 amide bonds. The fourth-order valence-corrected chi connectivity index (χ4v) is 2.21. The van der Waals surface area contributed by atoms with Gasteiger partial charge < -0.3 is 14.3 Å². The first-order valence-electron chi connectivity index (χ1n) is 6.64. The molecule has 0 bridgehead atoms. The molecule has 102 valence electrons.